The molecule has 0 spiro atoms. The Hall–Kier alpha value is -0.990. The van der Waals surface area contributed by atoms with Gasteiger partial charge in [0.1, 0.15) is 5.58 Å². The van der Waals surface area contributed by atoms with Crippen LogP contribution in [0.15, 0.2) is 28.9 Å². The lowest BCUT2D eigenvalue weighted by Gasteiger charge is -2.26. The molecule has 0 unspecified atom stereocenters. The van der Waals surface area contributed by atoms with Gasteiger partial charge in [0.05, 0.1) is 6.26 Å². The van der Waals surface area contributed by atoms with Gasteiger partial charge >= 0.3 is 0 Å². The number of halogens is 1. The lowest BCUT2D eigenvalue weighted by molar-refractivity contribution is 0.448. The average molecular weight is 250 g/mol. The van der Waals surface area contributed by atoms with Gasteiger partial charge in [-0.1, -0.05) is 24.4 Å². The summed E-state index contributed by atoms with van der Waals surface area (Å²) in [5, 5.41) is 1.88. The first-order valence-electron chi connectivity index (χ1n) is 6.12. The van der Waals surface area contributed by atoms with Crippen LogP contribution in [0.1, 0.15) is 31.2 Å². The van der Waals surface area contributed by atoms with Crippen LogP contribution in [-0.4, -0.2) is 6.54 Å². The minimum atomic E-state index is 0.124. The van der Waals surface area contributed by atoms with Gasteiger partial charge in [-0.25, -0.2) is 0 Å². The summed E-state index contributed by atoms with van der Waals surface area (Å²) in [5.41, 5.74) is 8.27. The van der Waals surface area contributed by atoms with E-state index in [1.165, 1.54) is 36.6 Å². The normalized spacial score (nSPS) is 18.9. The van der Waals surface area contributed by atoms with Crippen LogP contribution in [0.4, 0.5) is 0 Å². The Labute approximate surface area is 106 Å². The quantitative estimate of drug-likeness (QED) is 0.878. The number of hydrogen-bond acceptors (Lipinski definition) is 2. The van der Waals surface area contributed by atoms with Crippen molar-refractivity contribution in [2.75, 3.05) is 6.54 Å². The fraction of sp³-hybridized carbons (Fsp3) is 0.429. The summed E-state index contributed by atoms with van der Waals surface area (Å²) in [6, 6.07) is 5.84. The molecule has 1 aromatic heterocycles. The van der Waals surface area contributed by atoms with Crippen LogP contribution < -0.4 is 5.73 Å². The fourth-order valence-corrected chi connectivity index (χ4v) is 3.21. The molecule has 0 bridgehead atoms. The minimum Gasteiger partial charge on any atom is -0.464 e. The molecule has 1 fully saturated rings. The van der Waals surface area contributed by atoms with Crippen LogP contribution >= 0.6 is 11.6 Å². The van der Waals surface area contributed by atoms with E-state index in [0.717, 1.165) is 5.58 Å². The molecule has 2 aromatic rings. The highest BCUT2D eigenvalue weighted by molar-refractivity contribution is 6.31. The molecule has 1 aliphatic rings. The van der Waals surface area contributed by atoms with Gasteiger partial charge in [-0.2, -0.15) is 0 Å². The lowest BCUT2D eigenvalue weighted by atomic mass is 9.79. The molecule has 0 atom stereocenters. The Morgan fingerprint density at radius 2 is 2.06 bits per heavy atom. The van der Waals surface area contributed by atoms with Crippen molar-refractivity contribution in [3.05, 3.63) is 35.0 Å². The Balaban J connectivity index is 2.17. The van der Waals surface area contributed by atoms with Gasteiger partial charge in [0.25, 0.3) is 0 Å². The number of hydrogen-bond donors (Lipinski definition) is 1. The van der Waals surface area contributed by atoms with Crippen LogP contribution in [0.2, 0.25) is 5.02 Å². The van der Waals surface area contributed by atoms with Crippen molar-refractivity contribution in [2.45, 2.75) is 31.1 Å². The molecule has 1 aliphatic carbocycles. The van der Waals surface area contributed by atoms with E-state index >= 15 is 0 Å². The molecule has 1 saturated carbocycles. The Morgan fingerprint density at radius 3 is 2.76 bits per heavy atom. The van der Waals surface area contributed by atoms with Crippen molar-refractivity contribution in [1.82, 2.24) is 0 Å². The number of nitrogens with two attached hydrogens (primary N) is 1. The summed E-state index contributed by atoms with van der Waals surface area (Å²) in [5.74, 6) is 0. The van der Waals surface area contributed by atoms with Crippen LogP contribution in [0, 0.1) is 0 Å². The van der Waals surface area contributed by atoms with Crippen molar-refractivity contribution >= 4 is 22.6 Å². The maximum absolute atomic E-state index is 6.01. The number of rotatable bonds is 2. The first kappa shape index (κ1) is 11.1. The van der Waals surface area contributed by atoms with E-state index in [0.29, 0.717) is 11.6 Å². The first-order chi connectivity index (χ1) is 8.25. The largest absolute Gasteiger partial charge is 0.464 e. The van der Waals surface area contributed by atoms with E-state index in [1.54, 1.807) is 0 Å². The van der Waals surface area contributed by atoms with Gasteiger partial charge in [0, 0.05) is 27.9 Å². The summed E-state index contributed by atoms with van der Waals surface area (Å²) in [4.78, 5) is 0. The fourth-order valence-electron chi connectivity index (χ4n) is 3.05. The molecule has 90 valence electrons. The maximum Gasteiger partial charge on any atom is 0.135 e. The number of furan rings is 1. The third kappa shape index (κ3) is 1.67. The van der Waals surface area contributed by atoms with Crippen LogP contribution in [0.5, 0.6) is 0 Å². The van der Waals surface area contributed by atoms with E-state index in [-0.39, 0.29) is 5.41 Å². The lowest BCUT2D eigenvalue weighted by Crippen LogP contribution is -2.31. The molecule has 0 aliphatic heterocycles. The van der Waals surface area contributed by atoms with Crippen LogP contribution in [0.3, 0.4) is 0 Å². The van der Waals surface area contributed by atoms with Gasteiger partial charge in [0.15, 0.2) is 0 Å². The third-order valence-corrected chi connectivity index (χ3v) is 4.30. The van der Waals surface area contributed by atoms with Gasteiger partial charge in [-0.3, -0.25) is 0 Å². The molecule has 0 radical (unpaired) electrons. The molecule has 0 amide bonds. The van der Waals surface area contributed by atoms with E-state index in [1.807, 2.05) is 24.5 Å². The Kier molecular flexibility index (Phi) is 2.64. The van der Waals surface area contributed by atoms with Gasteiger partial charge < -0.3 is 10.2 Å². The molecular formula is C14H16ClNO. The van der Waals surface area contributed by atoms with E-state index in [4.69, 9.17) is 21.8 Å². The first-order valence-corrected chi connectivity index (χ1v) is 6.50. The zero-order chi connectivity index (χ0) is 11.9. The van der Waals surface area contributed by atoms with Gasteiger partial charge in [-0.05, 0) is 31.0 Å². The van der Waals surface area contributed by atoms with Crippen molar-refractivity contribution in [3.63, 3.8) is 0 Å². The number of fused-ring (bicyclic) bond motifs is 1. The zero-order valence-corrected chi connectivity index (χ0v) is 10.5. The summed E-state index contributed by atoms with van der Waals surface area (Å²) < 4.78 is 5.63. The van der Waals surface area contributed by atoms with Crippen molar-refractivity contribution in [2.24, 2.45) is 5.73 Å². The molecule has 2 nitrogen and oxygen atoms in total. The smallest absolute Gasteiger partial charge is 0.135 e. The van der Waals surface area contributed by atoms with Crippen molar-refractivity contribution in [1.29, 1.82) is 0 Å². The molecular weight excluding hydrogens is 234 g/mol. The summed E-state index contributed by atoms with van der Waals surface area (Å²) in [6.07, 6.45) is 6.73. The molecule has 2 N–H and O–H groups in total. The second kappa shape index (κ2) is 4.04. The van der Waals surface area contributed by atoms with E-state index in [2.05, 4.69) is 0 Å². The highest BCUT2D eigenvalue weighted by Gasteiger charge is 2.36. The van der Waals surface area contributed by atoms with Crippen molar-refractivity contribution < 1.29 is 4.42 Å². The summed E-state index contributed by atoms with van der Waals surface area (Å²) in [6.45, 7) is 0.699. The highest BCUT2D eigenvalue weighted by Crippen LogP contribution is 2.43. The minimum absolute atomic E-state index is 0.124. The monoisotopic (exact) mass is 249 g/mol. The molecule has 0 saturated heterocycles. The average Bonchev–Trinajstić information content (AvgIpc) is 2.94. The van der Waals surface area contributed by atoms with Gasteiger partial charge in [-0.15, -0.1) is 0 Å². The second-order valence-electron chi connectivity index (χ2n) is 4.98. The van der Waals surface area contributed by atoms with Gasteiger partial charge in [0.2, 0.25) is 0 Å². The SMILES string of the molecule is NCC1(c2coc3cc(Cl)ccc23)CCCC1. The maximum atomic E-state index is 6.01. The molecule has 3 rings (SSSR count). The molecule has 17 heavy (non-hydrogen) atoms. The number of benzene rings is 1. The van der Waals surface area contributed by atoms with E-state index in [9.17, 15) is 0 Å². The van der Waals surface area contributed by atoms with Crippen LogP contribution in [0.25, 0.3) is 11.0 Å². The summed E-state index contributed by atoms with van der Waals surface area (Å²) in [7, 11) is 0. The Morgan fingerprint density at radius 1 is 1.29 bits per heavy atom. The predicted molar refractivity (Wildman–Crippen MR) is 70.4 cm³/mol. The second-order valence-corrected chi connectivity index (χ2v) is 5.42. The Bertz CT molecular complexity index is 540. The summed E-state index contributed by atoms with van der Waals surface area (Å²) >= 11 is 5.97. The van der Waals surface area contributed by atoms with E-state index < -0.39 is 0 Å². The molecule has 1 aromatic carbocycles. The standard InChI is InChI=1S/C14H16ClNO/c15-10-3-4-11-12(8-17-13(11)7-10)14(9-16)5-1-2-6-14/h3-4,7-8H,1-2,5-6,9,16H2. The van der Waals surface area contributed by atoms with Crippen LogP contribution in [-0.2, 0) is 5.41 Å². The zero-order valence-electron chi connectivity index (χ0n) is 9.71. The molecule has 3 heteroatoms. The highest BCUT2D eigenvalue weighted by atomic mass is 35.5. The molecule has 1 heterocycles. The van der Waals surface area contributed by atoms with Crippen molar-refractivity contribution in [3.8, 4) is 0 Å². The predicted octanol–water partition coefficient (Wildman–Crippen LogP) is 3.86. The third-order valence-electron chi connectivity index (χ3n) is 4.06. The topological polar surface area (TPSA) is 39.2 Å².